The Morgan fingerprint density at radius 3 is 2.41 bits per heavy atom. The minimum atomic E-state index is -0.659. The summed E-state index contributed by atoms with van der Waals surface area (Å²) >= 11 is 0. The zero-order valence-corrected chi connectivity index (χ0v) is 15.5. The lowest BCUT2D eigenvalue weighted by Gasteiger charge is -2.14. The van der Waals surface area contributed by atoms with E-state index >= 15 is 0 Å². The zero-order valence-electron chi connectivity index (χ0n) is 15.5. The van der Waals surface area contributed by atoms with E-state index in [0.717, 1.165) is 17.2 Å². The smallest absolute Gasteiger partial charge is 0.407 e. The number of hydrogen-bond acceptors (Lipinski definition) is 4. The first-order valence-corrected chi connectivity index (χ1v) is 9.13. The van der Waals surface area contributed by atoms with E-state index in [1.807, 2.05) is 24.3 Å². The molecule has 6 heteroatoms. The molecule has 0 bridgehead atoms. The fourth-order valence-electron chi connectivity index (χ4n) is 3.44. The van der Waals surface area contributed by atoms with E-state index in [2.05, 4.69) is 46.4 Å². The molecule has 0 aliphatic heterocycles. The van der Waals surface area contributed by atoms with Crippen LogP contribution in [0.5, 0.6) is 0 Å². The normalized spacial score (nSPS) is 11.8. The summed E-state index contributed by atoms with van der Waals surface area (Å²) in [5, 5.41) is 2.56. The topological polar surface area (TPSA) is 77.2 Å². The van der Waals surface area contributed by atoms with Crippen LogP contribution < -0.4 is 11.1 Å². The number of nitrogens with two attached hydrogens (primary N) is 1. The van der Waals surface area contributed by atoms with Gasteiger partial charge in [-0.2, -0.15) is 4.39 Å². The number of carbonyl (C=O) groups is 1. The number of alkyl carbamates (subject to hydrolysis) is 1. The third kappa shape index (κ3) is 3.90. The molecule has 0 radical (unpaired) electrons. The molecule has 5 nitrogen and oxygen atoms in total. The molecule has 2 aromatic carbocycles. The van der Waals surface area contributed by atoms with Crippen LogP contribution in [0.1, 0.15) is 22.7 Å². The molecule has 1 heterocycles. The molecule has 29 heavy (non-hydrogen) atoms. The number of benzene rings is 2. The Morgan fingerprint density at radius 1 is 1.07 bits per heavy atom. The van der Waals surface area contributed by atoms with E-state index in [1.54, 1.807) is 0 Å². The van der Waals surface area contributed by atoms with Gasteiger partial charge < -0.3 is 15.8 Å². The van der Waals surface area contributed by atoms with Gasteiger partial charge in [-0.15, -0.1) is 0 Å². The van der Waals surface area contributed by atoms with E-state index in [-0.39, 0.29) is 30.5 Å². The number of aromatic nitrogens is 1. The third-order valence-electron chi connectivity index (χ3n) is 4.76. The summed E-state index contributed by atoms with van der Waals surface area (Å²) in [5.74, 6) is 4.66. The number of rotatable bonds is 3. The van der Waals surface area contributed by atoms with Gasteiger partial charge in [0.15, 0.2) is 0 Å². The maximum absolute atomic E-state index is 13.1. The summed E-state index contributed by atoms with van der Waals surface area (Å²) in [6.45, 7) is 0.264. The number of carbonyl (C=O) groups excluding carboxylic acids is 1. The molecule has 0 atom stereocenters. The van der Waals surface area contributed by atoms with Crippen molar-refractivity contribution in [2.24, 2.45) is 0 Å². The van der Waals surface area contributed by atoms with Gasteiger partial charge in [0.05, 0.1) is 12.2 Å². The molecule has 144 valence electrons. The van der Waals surface area contributed by atoms with Gasteiger partial charge >= 0.3 is 6.09 Å². The molecular weight excluding hydrogens is 369 g/mol. The first-order valence-electron chi connectivity index (χ1n) is 9.13. The fraction of sp³-hybridized carbons (Fsp3) is 0.130. The second-order valence-electron chi connectivity index (χ2n) is 6.55. The second kappa shape index (κ2) is 8.03. The summed E-state index contributed by atoms with van der Waals surface area (Å²) < 4.78 is 18.5. The van der Waals surface area contributed by atoms with Crippen molar-refractivity contribution in [3.05, 3.63) is 83.4 Å². The van der Waals surface area contributed by atoms with Gasteiger partial charge in [0.1, 0.15) is 12.3 Å². The average molecular weight is 387 g/mol. The quantitative estimate of drug-likeness (QED) is 0.531. The Kier molecular flexibility index (Phi) is 5.12. The number of anilines is 1. The van der Waals surface area contributed by atoms with E-state index in [0.29, 0.717) is 0 Å². The number of nitrogens with one attached hydrogen (secondary N) is 1. The summed E-state index contributed by atoms with van der Waals surface area (Å²) in [6, 6.07) is 18.8. The largest absolute Gasteiger partial charge is 0.449 e. The highest BCUT2D eigenvalue weighted by atomic mass is 19.1. The van der Waals surface area contributed by atoms with Gasteiger partial charge in [0.25, 0.3) is 0 Å². The van der Waals surface area contributed by atoms with Gasteiger partial charge in [-0.3, -0.25) is 0 Å². The first-order chi connectivity index (χ1) is 14.1. The van der Waals surface area contributed by atoms with Gasteiger partial charge in [0.2, 0.25) is 5.95 Å². The molecule has 1 aliphatic rings. The van der Waals surface area contributed by atoms with Crippen LogP contribution in [0.15, 0.2) is 60.7 Å². The van der Waals surface area contributed by atoms with Crippen molar-refractivity contribution in [2.75, 3.05) is 18.9 Å². The lowest BCUT2D eigenvalue weighted by atomic mass is 9.98. The van der Waals surface area contributed by atoms with E-state index in [9.17, 15) is 9.18 Å². The maximum Gasteiger partial charge on any atom is 0.407 e. The fourth-order valence-corrected chi connectivity index (χ4v) is 3.44. The lowest BCUT2D eigenvalue weighted by Crippen LogP contribution is -2.26. The highest BCUT2D eigenvalue weighted by molar-refractivity contribution is 5.79. The number of pyridine rings is 1. The number of nitrogen functional groups attached to an aromatic ring is 1. The Bertz CT molecular complexity index is 1090. The van der Waals surface area contributed by atoms with E-state index in [1.165, 1.54) is 17.2 Å². The van der Waals surface area contributed by atoms with Gasteiger partial charge in [-0.1, -0.05) is 54.5 Å². The van der Waals surface area contributed by atoms with Crippen molar-refractivity contribution in [2.45, 2.75) is 5.92 Å². The van der Waals surface area contributed by atoms with Crippen molar-refractivity contribution < 1.29 is 13.9 Å². The van der Waals surface area contributed by atoms with Crippen LogP contribution in [0.25, 0.3) is 11.1 Å². The number of halogens is 1. The Hall–Kier alpha value is -3.85. The predicted molar refractivity (Wildman–Crippen MR) is 109 cm³/mol. The SMILES string of the molecule is Nc1ccc(F)nc1C#CCNC(=O)OCC1c2ccccc2-c2ccccc21. The molecule has 3 N–H and O–H groups in total. The van der Waals surface area contributed by atoms with E-state index < -0.39 is 12.0 Å². The van der Waals surface area contributed by atoms with Crippen LogP contribution in [0.3, 0.4) is 0 Å². The van der Waals surface area contributed by atoms with Crippen LogP contribution >= 0.6 is 0 Å². The van der Waals surface area contributed by atoms with Crippen molar-refractivity contribution in [3.8, 4) is 23.0 Å². The summed E-state index contributed by atoms with van der Waals surface area (Å²) in [5.41, 5.74) is 10.7. The molecule has 0 fully saturated rings. The van der Waals surface area contributed by atoms with Gasteiger partial charge in [-0.05, 0) is 40.3 Å². The Labute approximate surface area is 167 Å². The van der Waals surface area contributed by atoms with Crippen LogP contribution in [-0.4, -0.2) is 24.2 Å². The molecular formula is C23H18FN3O2. The van der Waals surface area contributed by atoms with Crippen LogP contribution in [-0.2, 0) is 4.74 Å². The monoisotopic (exact) mass is 387 g/mol. The van der Waals surface area contributed by atoms with Gasteiger partial charge in [-0.25, -0.2) is 9.78 Å². The molecule has 0 spiro atoms. The molecule has 0 saturated heterocycles. The van der Waals surface area contributed by atoms with Crippen molar-refractivity contribution in [1.82, 2.24) is 10.3 Å². The molecule has 4 rings (SSSR count). The molecule has 1 aliphatic carbocycles. The Morgan fingerprint density at radius 2 is 1.72 bits per heavy atom. The lowest BCUT2D eigenvalue weighted by molar-refractivity contribution is 0.144. The number of fused-ring (bicyclic) bond motifs is 3. The van der Waals surface area contributed by atoms with E-state index in [4.69, 9.17) is 10.5 Å². The molecule has 1 amide bonds. The first kappa shape index (κ1) is 18.5. The highest BCUT2D eigenvalue weighted by Crippen LogP contribution is 2.44. The molecule has 0 saturated carbocycles. The number of hydrogen-bond donors (Lipinski definition) is 2. The van der Waals surface area contributed by atoms with Gasteiger partial charge in [0, 0.05) is 5.92 Å². The predicted octanol–water partition coefficient (Wildman–Crippen LogP) is 3.69. The molecule has 0 unspecified atom stereocenters. The third-order valence-corrected chi connectivity index (χ3v) is 4.76. The zero-order chi connectivity index (χ0) is 20.2. The maximum atomic E-state index is 13.1. The summed E-state index contributed by atoms with van der Waals surface area (Å²) in [6.07, 6.45) is -0.568. The number of amides is 1. The average Bonchev–Trinajstić information content (AvgIpc) is 3.06. The standard InChI is InChI=1S/C23H18FN3O2/c24-22-12-11-20(25)21(27-22)10-5-13-26-23(28)29-14-19-17-8-3-1-6-15(17)16-7-2-4-9-18(16)19/h1-4,6-9,11-12,19H,13-14,25H2,(H,26,28). The summed E-state index contributed by atoms with van der Waals surface area (Å²) in [7, 11) is 0. The van der Waals surface area contributed by atoms with Crippen molar-refractivity contribution in [3.63, 3.8) is 0 Å². The second-order valence-corrected chi connectivity index (χ2v) is 6.55. The number of nitrogens with zero attached hydrogens (tertiary/aromatic N) is 1. The van der Waals surface area contributed by atoms with Crippen molar-refractivity contribution >= 4 is 11.8 Å². The molecule has 1 aromatic heterocycles. The van der Waals surface area contributed by atoms with Crippen LogP contribution in [0.4, 0.5) is 14.9 Å². The van der Waals surface area contributed by atoms with Crippen LogP contribution in [0.2, 0.25) is 0 Å². The summed E-state index contributed by atoms with van der Waals surface area (Å²) in [4.78, 5) is 15.7. The highest BCUT2D eigenvalue weighted by Gasteiger charge is 2.28. The van der Waals surface area contributed by atoms with Crippen molar-refractivity contribution in [1.29, 1.82) is 0 Å². The Balaban J connectivity index is 1.36. The molecule has 3 aromatic rings. The number of ether oxygens (including phenoxy) is 1. The van der Waals surface area contributed by atoms with Crippen LogP contribution in [0, 0.1) is 17.8 Å². The minimum Gasteiger partial charge on any atom is -0.449 e. The minimum absolute atomic E-state index is 0.00414.